The quantitative estimate of drug-likeness (QED) is 0.782. The van der Waals surface area contributed by atoms with Gasteiger partial charge in [-0.2, -0.15) is 13.2 Å². The second kappa shape index (κ2) is 4.52. The van der Waals surface area contributed by atoms with Crippen LogP contribution in [0.3, 0.4) is 0 Å². The van der Waals surface area contributed by atoms with Gasteiger partial charge in [0.15, 0.2) is 0 Å². The fourth-order valence-corrected chi connectivity index (χ4v) is 3.09. The van der Waals surface area contributed by atoms with E-state index in [4.69, 9.17) is 0 Å². The van der Waals surface area contributed by atoms with Gasteiger partial charge in [0.1, 0.15) is 6.04 Å². The van der Waals surface area contributed by atoms with Gasteiger partial charge in [-0.25, -0.2) is 0 Å². The first-order chi connectivity index (χ1) is 9.82. The van der Waals surface area contributed by atoms with Gasteiger partial charge in [0.25, 0.3) is 0 Å². The number of fused-ring (bicyclic) bond motifs is 1. The lowest BCUT2D eigenvalue weighted by Gasteiger charge is -2.21. The van der Waals surface area contributed by atoms with Crippen molar-refractivity contribution in [1.29, 1.82) is 0 Å². The number of carbonyl (C=O) groups is 2. The van der Waals surface area contributed by atoms with Gasteiger partial charge in [-0.1, -0.05) is 6.07 Å². The molecule has 0 unspecified atom stereocenters. The average molecular weight is 299 g/mol. The van der Waals surface area contributed by atoms with Crippen LogP contribution in [0, 0.1) is 11.8 Å². The highest BCUT2D eigenvalue weighted by molar-refractivity contribution is 6.06. The number of rotatable bonds is 1. The van der Waals surface area contributed by atoms with E-state index in [1.807, 2.05) is 0 Å². The van der Waals surface area contributed by atoms with E-state index in [-0.39, 0.29) is 0 Å². The Morgan fingerprint density at radius 1 is 1.19 bits per heavy atom. The maximum atomic E-state index is 13.2. The molecule has 112 valence electrons. The predicted molar refractivity (Wildman–Crippen MR) is 64.7 cm³/mol. The van der Waals surface area contributed by atoms with Gasteiger partial charge in [-0.3, -0.25) is 24.8 Å². The third-order valence-electron chi connectivity index (χ3n) is 4.05. The number of amides is 2. The summed E-state index contributed by atoms with van der Waals surface area (Å²) in [6.45, 7) is 0. The molecular weight excluding hydrogens is 287 g/mol. The molecule has 0 spiro atoms. The molecule has 21 heavy (non-hydrogen) atoms. The van der Waals surface area contributed by atoms with Crippen LogP contribution in [-0.4, -0.2) is 41.0 Å². The normalized spacial score (nSPS) is 32.7. The summed E-state index contributed by atoms with van der Waals surface area (Å²) in [6, 6.07) is 1.86. The van der Waals surface area contributed by atoms with Crippen LogP contribution in [0.25, 0.3) is 0 Å². The van der Waals surface area contributed by atoms with E-state index in [1.165, 1.54) is 13.2 Å². The summed E-state index contributed by atoms with van der Waals surface area (Å²) >= 11 is 0. The van der Waals surface area contributed by atoms with Crippen LogP contribution in [-0.2, 0) is 9.59 Å². The Balaban J connectivity index is 2.05. The van der Waals surface area contributed by atoms with Crippen molar-refractivity contribution in [2.45, 2.75) is 18.3 Å². The van der Waals surface area contributed by atoms with E-state index in [2.05, 4.69) is 10.3 Å². The molecule has 5 nitrogen and oxygen atoms in total. The molecule has 2 fully saturated rings. The maximum absolute atomic E-state index is 13.2. The van der Waals surface area contributed by atoms with E-state index in [9.17, 15) is 22.8 Å². The molecular formula is C13H12F3N3O2. The van der Waals surface area contributed by atoms with E-state index < -0.39 is 41.9 Å². The average Bonchev–Trinajstić information content (AvgIpc) is 2.94. The molecule has 2 aliphatic heterocycles. The third-order valence-corrected chi connectivity index (χ3v) is 4.05. The Bertz CT molecular complexity index is 590. The molecule has 0 radical (unpaired) electrons. The lowest BCUT2D eigenvalue weighted by molar-refractivity contribution is -0.168. The number of carbonyl (C=O) groups excluding carboxylic acids is 2. The SMILES string of the molecule is CN1C(=O)[C@@H]2[C@H](C1=O)[C@H](C(F)(F)F)N[C@@H]2c1ccccn1. The summed E-state index contributed by atoms with van der Waals surface area (Å²) in [5.74, 6) is -3.88. The van der Waals surface area contributed by atoms with Crippen LogP contribution in [0.4, 0.5) is 13.2 Å². The first-order valence-electron chi connectivity index (χ1n) is 6.37. The number of hydrogen-bond acceptors (Lipinski definition) is 4. The van der Waals surface area contributed by atoms with Crippen LogP contribution in [0.1, 0.15) is 11.7 Å². The molecule has 3 heterocycles. The van der Waals surface area contributed by atoms with Gasteiger partial charge in [0.05, 0.1) is 23.6 Å². The number of likely N-dealkylation sites (tertiary alicyclic amines) is 1. The predicted octanol–water partition coefficient (Wildman–Crippen LogP) is 0.888. The number of halogens is 3. The number of nitrogens with zero attached hydrogens (tertiary/aromatic N) is 2. The monoisotopic (exact) mass is 299 g/mol. The first kappa shape index (κ1) is 14.0. The molecule has 1 aromatic heterocycles. The van der Waals surface area contributed by atoms with E-state index in [1.54, 1.807) is 18.2 Å². The van der Waals surface area contributed by atoms with Gasteiger partial charge in [-0.05, 0) is 12.1 Å². The minimum Gasteiger partial charge on any atom is -0.296 e. The molecule has 0 saturated carbocycles. The molecule has 1 aromatic rings. The van der Waals surface area contributed by atoms with E-state index in [0.29, 0.717) is 5.69 Å². The molecule has 2 amide bonds. The van der Waals surface area contributed by atoms with Gasteiger partial charge >= 0.3 is 6.18 Å². The zero-order chi connectivity index (χ0) is 15.4. The van der Waals surface area contributed by atoms with Crippen molar-refractivity contribution in [3.05, 3.63) is 30.1 Å². The van der Waals surface area contributed by atoms with Crippen molar-refractivity contribution in [3.8, 4) is 0 Å². The number of alkyl halides is 3. The summed E-state index contributed by atoms with van der Waals surface area (Å²) < 4.78 is 39.5. The second-order valence-corrected chi connectivity index (χ2v) is 5.21. The van der Waals surface area contributed by atoms with Crippen LogP contribution in [0.15, 0.2) is 24.4 Å². The fourth-order valence-electron chi connectivity index (χ4n) is 3.09. The summed E-state index contributed by atoms with van der Waals surface area (Å²) in [6.07, 6.45) is -3.16. The summed E-state index contributed by atoms with van der Waals surface area (Å²) in [5.41, 5.74) is 0.329. The number of pyridine rings is 1. The first-order valence-corrected chi connectivity index (χ1v) is 6.37. The summed E-state index contributed by atoms with van der Waals surface area (Å²) in [5, 5.41) is 2.37. The number of aromatic nitrogens is 1. The van der Waals surface area contributed by atoms with E-state index in [0.717, 1.165) is 4.90 Å². The Kier molecular flexibility index (Phi) is 3.01. The molecule has 0 bridgehead atoms. The molecule has 2 aliphatic rings. The summed E-state index contributed by atoms with van der Waals surface area (Å²) in [7, 11) is 1.21. The molecule has 3 rings (SSSR count). The highest BCUT2D eigenvalue weighted by Crippen LogP contribution is 2.47. The fraction of sp³-hybridized carbons (Fsp3) is 0.462. The minimum atomic E-state index is -4.60. The molecule has 0 aliphatic carbocycles. The van der Waals surface area contributed by atoms with Crippen molar-refractivity contribution in [2.24, 2.45) is 11.8 Å². The lowest BCUT2D eigenvalue weighted by atomic mass is 9.88. The minimum absolute atomic E-state index is 0.329. The van der Waals surface area contributed by atoms with Gasteiger partial charge in [-0.15, -0.1) is 0 Å². The standard InChI is InChI=1S/C13H12F3N3O2/c1-19-11(20)7-8(12(19)21)10(13(14,15)16)18-9(7)6-4-2-3-5-17-6/h2-5,7-10,18H,1H3/t7-,8+,9-,10-/m1/s1. The Labute approximate surface area is 118 Å². The van der Waals surface area contributed by atoms with Crippen molar-refractivity contribution in [1.82, 2.24) is 15.2 Å². The van der Waals surface area contributed by atoms with Gasteiger partial charge in [0, 0.05) is 13.2 Å². The number of hydrogen-bond donors (Lipinski definition) is 1. The lowest BCUT2D eigenvalue weighted by Crippen LogP contribution is -2.46. The smallest absolute Gasteiger partial charge is 0.296 e. The van der Waals surface area contributed by atoms with E-state index >= 15 is 0 Å². The third kappa shape index (κ3) is 2.01. The van der Waals surface area contributed by atoms with Gasteiger partial charge < -0.3 is 0 Å². The maximum Gasteiger partial charge on any atom is 0.404 e. The van der Waals surface area contributed by atoms with Crippen molar-refractivity contribution in [3.63, 3.8) is 0 Å². The molecule has 0 aromatic carbocycles. The van der Waals surface area contributed by atoms with Crippen molar-refractivity contribution in [2.75, 3.05) is 7.05 Å². The Morgan fingerprint density at radius 3 is 2.43 bits per heavy atom. The topological polar surface area (TPSA) is 62.3 Å². The van der Waals surface area contributed by atoms with Crippen molar-refractivity contribution >= 4 is 11.8 Å². The van der Waals surface area contributed by atoms with Gasteiger partial charge in [0.2, 0.25) is 11.8 Å². The second-order valence-electron chi connectivity index (χ2n) is 5.21. The van der Waals surface area contributed by atoms with Crippen LogP contribution in [0.2, 0.25) is 0 Å². The highest BCUT2D eigenvalue weighted by Gasteiger charge is 2.64. The van der Waals surface area contributed by atoms with Crippen LogP contribution >= 0.6 is 0 Å². The highest BCUT2D eigenvalue weighted by atomic mass is 19.4. The van der Waals surface area contributed by atoms with Crippen LogP contribution < -0.4 is 5.32 Å². The number of imide groups is 1. The van der Waals surface area contributed by atoms with Crippen molar-refractivity contribution < 1.29 is 22.8 Å². The molecule has 1 N–H and O–H groups in total. The molecule has 8 heteroatoms. The van der Waals surface area contributed by atoms with Crippen LogP contribution in [0.5, 0.6) is 0 Å². The zero-order valence-corrected chi connectivity index (χ0v) is 11.0. The molecule has 4 atom stereocenters. The number of nitrogens with one attached hydrogen (secondary N) is 1. The zero-order valence-electron chi connectivity index (χ0n) is 11.0. The summed E-state index contributed by atoms with van der Waals surface area (Å²) in [4.78, 5) is 28.9. The largest absolute Gasteiger partial charge is 0.404 e. The molecule has 2 saturated heterocycles. The Morgan fingerprint density at radius 2 is 1.86 bits per heavy atom. The Hall–Kier alpha value is -1.96.